The summed E-state index contributed by atoms with van der Waals surface area (Å²) in [6.07, 6.45) is 4.28. The highest BCUT2D eigenvalue weighted by molar-refractivity contribution is 5.96. The third-order valence-corrected chi connectivity index (χ3v) is 3.69. The van der Waals surface area contributed by atoms with Crippen LogP contribution in [0.1, 0.15) is 29.5 Å². The summed E-state index contributed by atoms with van der Waals surface area (Å²) in [4.78, 5) is 4.43. The van der Waals surface area contributed by atoms with E-state index in [1.165, 1.54) is 18.4 Å². The van der Waals surface area contributed by atoms with Crippen LogP contribution in [0.2, 0.25) is 0 Å². The van der Waals surface area contributed by atoms with Crippen molar-refractivity contribution in [2.45, 2.75) is 26.7 Å². The monoisotopic (exact) mass is 251 g/mol. The molecule has 0 saturated heterocycles. The van der Waals surface area contributed by atoms with Crippen molar-refractivity contribution in [2.75, 3.05) is 11.9 Å². The predicted molar refractivity (Wildman–Crippen MR) is 77.1 cm³/mol. The summed E-state index contributed by atoms with van der Waals surface area (Å²) in [5.74, 6) is 0.778. The number of nitriles is 1. The SMILES string of the molecule is Cc1cc(C)c2ncc(C#N)c(NCC3CC3)c2c1. The third kappa shape index (κ3) is 2.26. The number of rotatable bonds is 3. The minimum Gasteiger partial charge on any atom is -0.383 e. The summed E-state index contributed by atoms with van der Waals surface area (Å²) in [5, 5.41) is 13.8. The van der Waals surface area contributed by atoms with Crippen LogP contribution >= 0.6 is 0 Å². The van der Waals surface area contributed by atoms with E-state index in [1.54, 1.807) is 6.20 Å². The summed E-state index contributed by atoms with van der Waals surface area (Å²) in [6, 6.07) is 6.49. The molecular formula is C16H17N3. The minimum absolute atomic E-state index is 0.637. The van der Waals surface area contributed by atoms with Crippen molar-refractivity contribution in [3.63, 3.8) is 0 Å². The lowest BCUT2D eigenvalue weighted by Crippen LogP contribution is -2.06. The van der Waals surface area contributed by atoms with Gasteiger partial charge in [0.15, 0.2) is 0 Å². The number of nitrogens with one attached hydrogen (secondary N) is 1. The molecule has 0 unspecified atom stereocenters. The van der Waals surface area contributed by atoms with Gasteiger partial charge in [-0.25, -0.2) is 0 Å². The van der Waals surface area contributed by atoms with E-state index in [-0.39, 0.29) is 0 Å². The zero-order chi connectivity index (χ0) is 13.4. The van der Waals surface area contributed by atoms with Gasteiger partial charge in [-0.05, 0) is 44.2 Å². The number of hydrogen-bond acceptors (Lipinski definition) is 3. The van der Waals surface area contributed by atoms with Crippen LogP contribution in [0.15, 0.2) is 18.3 Å². The lowest BCUT2D eigenvalue weighted by atomic mass is 10.0. The van der Waals surface area contributed by atoms with Crippen LogP contribution in [0.5, 0.6) is 0 Å². The van der Waals surface area contributed by atoms with Gasteiger partial charge in [-0.1, -0.05) is 11.6 Å². The molecule has 1 saturated carbocycles. The average molecular weight is 251 g/mol. The van der Waals surface area contributed by atoms with E-state index in [2.05, 4.69) is 42.4 Å². The molecule has 0 spiro atoms. The van der Waals surface area contributed by atoms with Crippen molar-refractivity contribution in [1.82, 2.24) is 4.98 Å². The van der Waals surface area contributed by atoms with Gasteiger partial charge < -0.3 is 5.32 Å². The second kappa shape index (κ2) is 4.55. The van der Waals surface area contributed by atoms with Gasteiger partial charge in [0.2, 0.25) is 0 Å². The van der Waals surface area contributed by atoms with Crippen LogP contribution in [0.4, 0.5) is 5.69 Å². The zero-order valence-corrected chi connectivity index (χ0v) is 11.3. The molecule has 19 heavy (non-hydrogen) atoms. The first-order valence-electron chi connectivity index (χ1n) is 6.73. The van der Waals surface area contributed by atoms with E-state index < -0.39 is 0 Å². The molecule has 1 aliphatic carbocycles. The van der Waals surface area contributed by atoms with Crippen LogP contribution in [0.25, 0.3) is 10.9 Å². The molecule has 2 aromatic rings. The molecule has 0 atom stereocenters. The van der Waals surface area contributed by atoms with E-state index in [1.807, 2.05) is 0 Å². The Morgan fingerprint density at radius 3 is 2.84 bits per heavy atom. The molecule has 0 amide bonds. The largest absolute Gasteiger partial charge is 0.383 e. The topological polar surface area (TPSA) is 48.7 Å². The molecule has 0 radical (unpaired) electrons. The lowest BCUT2D eigenvalue weighted by Gasteiger charge is -2.13. The van der Waals surface area contributed by atoms with Crippen LogP contribution in [-0.2, 0) is 0 Å². The second-order valence-electron chi connectivity index (χ2n) is 5.46. The first-order chi connectivity index (χ1) is 9.19. The number of pyridine rings is 1. The highest BCUT2D eigenvalue weighted by Crippen LogP contribution is 2.32. The van der Waals surface area contributed by atoms with Gasteiger partial charge in [-0.3, -0.25) is 4.98 Å². The second-order valence-corrected chi connectivity index (χ2v) is 5.46. The maximum atomic E-state index is 9.27. The standard InChI is InChI=1S/C16H17N3/c1-10-5-11(2)15-14(6-10)16(13(7-17)9-19-15)18-8-12-3-4-12/h5-6,9,12H,3-4,8H2,1-2H3,(H,18,19). The maximum absolute atomic E-state index is 9.27. The van der Waals surface area contributed by atoms with Crippen LogP contribution < -0.4 is 5.32 Å². The molecule has 1 aliphatic rings. The first-order valence-corrected chi connectivity index (χ1v) is 6.73. The molecule has 0 bridgehead atoms. The number of benzene rings is 1. The lowest BCUT2D eigenvalue weighted by molar-refractivity contribution is 0.890. The number of fused-ring (bicyclic) bond motifs is 1. The molecule has 1 heterocycles. The maximum Gasteiger partial charge on any atom is 0.103 e. The normalized spacial score (nSPS) is 14.4. The summed E-state index contributed by atoms with van der Waals surface area (Å²) >= 11 is 0. The molecule has 1 aromatic heterocycles. The molecule has 3 heteroatoms. The van der Waals surface area contributed by atoms with Crippen molar-refractivity contribution in [2.24, 2.45) is 5.92 Å². The Hall–Kier alpha value is -2.08. The smallest absolute Gasteiger partial charge is 0.103 e. The fraction of sp³-hybridized carbons (Fsp3) is 0.375. The van der Waals surface area contributed by atoms with Crippen molar-refractivity contribution in [3.05, 3.63) is 35.0 Å². The quantitative estimate of drug-likeness (QED) is 0.907. The predicted octanol–water partition coefficient (Wildman–Crippen LogP) is 3.55. The molecule has 0 aliphatic heterocycles. The Labute approximate surface area is 113 Å². The Morgan fingerprint density at radius 2 is 2.16 bits per heavy atom. The van der Waals surface area contributed by atoms with Crippen molar-refractivity contribution in [3.8, 4) is 6.07 Å². The Morgan fingerprint density at radius 1 is 1.37 bits per heavy atom. The highest BCUT2D eigenvalue weighted by Gasteiger charge is 2.21. The molecule has 96 valence electrons. The number of aryl methyl sites for hydroxylation is 2. The molecule has 3 rings (SSSR count). The highest BCUT2D eigenvalue weighted by atomic mass is 14.9. The summed E-state index contributed by atoms with van der Waals surface area (Å²) < 4.78 is 0. The Kier molecular flexibility index (Phi) is 2.87. The van der Waals surface area contributed by atoms with Crippen LogP contribution in [0, 0.1) is 31.1 Å². The van der Waals surface area contributed by atoms with Gasteiger partial charge in [0.05, 0.1) is 16.8 Å². The van der Waals surface area contributed by atoms with E-state index in [4.69, 9.17) is 0 Å². The summed E-state index contributed by atoms with van der Waals surface area (Å²) in [6.45, 7) is 5.11. The number of nitrogens with zero attached hydrogens (tertiary/aromatic N) is 2. The first kappa shape index (κ1) is 12.0. The minimum atomic E-state index is 0.637. The number of aromatic nitrogens is 1. The van der Waals surface area contributed by atoms with E-state index in [0.717, 1.165) is 34.6 Å². The third-order valence-electron chi connectivity index (χ3n) is 3.69. The van der Waals surface area contributed by atoms with Crippen molar-refractivity contribution < 1.29 is 0 Å². The molecular weight excluding hydrogens is 234 g/mol. The summed E-state index contributed by atoms with van der Waals surface area (Å²) in [7, 11) is 0. The Balaban J connectivity index is 2.15. The van der Waals surface area contributed by atoms with Gasteiger partial charge >= 0.3 is 0 Å². The van der Waals surface area contributed by atoms with Gasteiger partial charge in [0.25, 0.3) is 0 Å². The van der Waals surface area contributed by atoms with Crippen molar-refractivity contribution >= 4 is 16.6 Å². The average Bonchev–Trinajstić information content (AvgIpc) is 3.19. The van der Waals surface area contributed by atoms with Crippen molar-refractivity contribution in [1.29, 1.82) is 5.26 Å². The molecule has 1 N–H and O–H groups in total. The van der Waals surface area contributed by atoms with Gasteiger partial charge in [-0.2, -0.15) is 5.26 Å². The van der Waals surface area contributed by atoms with E-state index >= 15 is 0 Å². The number of hydrogen-bond donors (Lipinski definition) is 1. The van der Waals surface area contributed by atoms with Gasteiger partial charge in [0, 0.05) is 18.1 Å². The molecule has 1 aromatic carbocycles. The van der Waals surface area contributed by atoms with Gasteiger partial charge in [-0.15, -0.1) is 0 Å². The fourth-order valence-corrected chi connectivity index (χ4v) is 2.50. The summed E-state index contributed by atoms with van der Waals surface area (Å²) in [5.41, 5.74) is 4.94. The van der Waals surface area contributed by atoms with Crippen LogP contribution in [-0.4, -0.2) is 11.5 Å². The van der Waals surface area contributed by atoms with E-state index in [0.29, 0.717) is 5.56 Å². The molecule has 1 fully saturated rings. The van der Waals surface area contributed by atoms with Gasteiger partial charge in [0.1, 0.15) is 6.07 Å². The Bertz CT molecular complexity index is 678. The molecule has 3 nitrogen and oxygen atoms in total. The van der Waals surface area contributed by atoms with Crippen LogP contribution in [0.3, 0.4) is 0 Å². The fourth-order valence-electron chi connectivity index (χ4n) is 2.50. The number of anilines is 1. The van der Waals surface area contributed by atoms with E-state index in [9.17, 15) is 5.26 Å². The zero-order valence-electron chi connectivity index (χ0n) is 11.3.